The van der Waals surface area contributed by atoms with Crippen molar-refractivity contribution in [3.63, 3.8) is 0 Å². The van der Waals surface area contributed by atoms with Gasteiger partial charge < -0.3 is 11.1 Å². The number of benzene rings is 1. The second-order valence-corrected chi connectivity index (χ2v) is 3.70. The van der Waals surface area contributed by atoms with Gasteiger partial charge in [0.15, 0.2) is 0 Å². The zero-order chi connectivity index (χ0) is 11.3. The lowest BCUT2D eigenvalue weighted by Gasteiger charge is -2.27. The fourth-order valence-corrected chi connectivity index (χ4v) is 1.29. The summed E-state index contributed by atoms with van der Waals surface area (Å²) in [7, 11) is 0. The van der Waals surface area contributed by atoms with Crippen molar-refractivity contribution in [2.24, 2.45) is 0 Å². The molecule has 0 bridgehead atoms. The van der Waals surface area contributed by atoms with E-state index in [1.165, 1.54) is 6.42 Å². The van der Waals surface area contributed by atoms with Gasteiger partial charge in [0, 0.05) is 5.69 Å². The van der Waals surface area contributed by atoms with Gasteiger partial charge >= 0.3 is 0 Å². The molecule has 1 aromatic rings. The van der Waals surface area contributed by atoms with E-state index in [9.17, 15) is 4.79 Å². The molecule has 3 heteroatoms. The SMILES string of the molecule is CCC.Nc1ccc([C@@H]2CC(=O)N2)cc1. The summed E-state index contributed by atoms with van der Waals surface area (Å²) in [6.07, 6.45) is 1.85. The third-order valence-electron chi connectivity index (χ3n) is 2.06. The first-order valence-corrected chi connectivity index (χ1v) is 5.32. The van der Waals surface area contributed by atoms with Gasteiger partial charge in [-0.15, -0.1) is 0 Å². The fourth-order valence-electron chi connectivity index (χ4n) is 1.29. The summed E-state index contributed by atoms with van der Waals surface area (Å²) in [5.41, 5.74) is 7.41. The second-order valence-electron chi connectivity index (χ2n) is 3.70. The van der Waals surface area contributed by atoms with Crippen LogP contribution in [0.2, 0.25) is 0 Å². The number of nitrogens with two attached hydrogens (primary N) is 1. The molecule has 1 atom stereocenters. The zero-order valence-electron chi connectivity index (χ0n) is 9.29. The summed E-state index contributed by atoms with van der Waals surface area (Å²) in [4.78, 5) is 10.6. The lowest BCUT2D eigenvalue weighted by Crippen LogP contribution is -2.41. The Morgan fingerprint density at radius 2 is 1.80 bits per heavy atom. The maximum absolute atomic E-state index is 10.6. The number of hydrogen-bond acceptors (Lipinski definition) is 2. The monoisotopic (exact) mass is 206 g/mol. The number of hydrogen-bond donors (Lipinski definition) is 2. The topological polar surface area (TPSA) is 55.1 Å². The van der Waals surface area contributed by atoms with Crippen LogP contribution >= 0.6 is 0 Å². The molecule has 1 aliphatic rings. The molecule has 82 valence electrons. The van der Waals surface area contributed by atoms with Gasteiger partial charge in [0.2, 0.25) is 5.91 Å². The minimum absolute atomic E-state index is 0.122. The Bertz CT molecular complexity index is 311. The largest absolute Gasteiger partial charge is 0.399 e. The minimum Gasteiger partial charge on any atom is -0.399 e. The molecule has 1 amide bonds. The van der Waals surface area contributed by atoms with Gasteiger partial charge in [0.1, 0.15) is 0 Å². The molecule has 3 nitrogen and oxygen atoms in total. The molecule has 1 fully saturated rings. The van der Waals surface area contributed by atoms with Gasteiger partial charge in [0.05, 0.1) is 12.5 Å². The molecule has 2 rings (SSSR count). The number of rotatable bonds is 1. The van der Waals surface area contributed by atoms with Gasteiger partial charge in [-0.05, 0) is 17.7 Å². The van der Waals surface area contributed by atoms with E-state index in [0.29, 0.717) is 6.42 Å². The third-order valence-corrected chi connectivity index (χ3v) is 2.06. The molecule has 15 heavy (non-hydrogen) atoms. The van der Waals surface area contributed by atoms with E-state index < -0.39 is 0 Å². The van der Waals surface area contributed by atoms with E-state index >= 15 is 0 Å². The maximum Gasteiger partial charge on any atom is 0.222 e. The van der Waals surface area contributed by atoms with Crippen LogP contribution in [0.15, 0.2) is 24.3 Å². The van der Waals surface area contributed by atoms with Crippen molar-refractivity contribution in [3.8, 4) is 0 Å². The van der Waals surface area contributed by atoms with E-state index in [2.05, 4.69) is 19.2 Å². The van der Waals surface area contributed by atoms with Gasteiger partial charge in [-0.3, -0.25) is 4.79 Å². The molecule has 0 saturated carbocycles. The van der Waals surface area contributed by atoms with Crippen LogP contribution in [0.5, 0.6) is 0 Å². The van der Waals surface area contributed by atoms with Gasteiger partial charge in [0.25, 0.3) is 0 Å². The van der Waals surface area contributed by atoms with Gasteiger partial charge in [-0.2, -0.15) is 0 Å². The molecule has 0 aromatic heterocycles. The number of β-lactam (4-membered cyclic amide) rings is 1. The van der Waals surface area contributed by atoms with E-state index in [0.717, 1.165) is 11.3 Å². The van der Waals surface area contributed by atoms with Crippen LogP contribution in [-0.2, 0) is 4.79 Å². The summed E-state index contributed by atoms with van der Waals surface area (Å²) in [6.45, 7) is 4.25. The Hall–Kier alpha value is -1.51. The lowest BCUT2D eigenvalue weighted by molar-refractivity contribution is -0.128. The summed E-state index contributed by atoms with van der Waals surface area (Å²) in [5.74, 6) is 0.122. The smallest absolute Gasteiger partial charge is 0.222 e. The van der Waals surface area contributed by atoms with Crippen molar-refractivity contribution in [1.82, 2.24) is 5.32 Å². The number of carbonyl (C=O) groups excluding carboxylic acids is 1. The first-order valence-electron chi connectivity index (χ1n) is 5.32. The molecule has 1 saturated heterocycles. The normalized spacial score (nSPS) is 18.3. The number of nitrogen functional groups attached to an aromatic ring is 1. The van der Waals surface area contributed by atoms with Crippen LogP contribution in [0.3, 0.4) is 0 Å². The second kappa shape index (κ2) is 5.39. The number of nitrogens with one attached hydrogen (secondary N) is 1. The molecule has 0 spiro atoms. The molecular weight excluding hydrogens is 188 g/mol. The Morgan fingerprint density at radius 3 is 2.20 bits per heavy atom. The highest BCUT2D eigenvalue weighted by Gasteiger charge is 2.26. The molecule has 1 heterocycles. The number of carbonyl (C=O) groups is 1. The van der Waals surface area contributed by atoms with Crippen molar-refractivity contribution >= 4 is 11.6 Å². The van der Waals surface area contributed by atoms with Crippen LogP contribution in [0.25, 0.3) is 0 Å². The maximum atomic E-state index is 10.6. The van der Waals surface area contributed by atoms with Crippen molar-refractivity contribution in [1.29, 1.82) is 0 Å². The van der Waals surface area contributed by atoms with Gasteiger partial charge in [-0.25, -0.2) is 0 Å². The summed E-state index contributed by atoms with van der Waals surface area (Å²) >= 11 is 0. The van der Waals surface area contributed by atoms with Crippen molar-refractivity contribution in [2.45, 2.75) is 32.7 Å². The van der Waals surface area contributed by atoms with Crippen LogP contribution in [0.1, 0.15) is 38.3 Å². The van der Waals surface area contributed by atoms with Crippen LogP contribution in [-0.4, -0.2) is 5.91 Å². The molecule has 3 N–H and O–H groups in total. The summed E-state index contributed by atoms with van der Waals surface area (Å²) in [5, 5.41) is 2.80. The Kier molecular flexibility index (Phi) is 4.16. The first kappa shape index (κ1) is 11.6. The van der Waals surface area contributed by atoms with Crippen LogP contribution in [0, 0.1) is 0 Å². The summed E-state index contributed by atoms with van der Waals surface area (Å²) < 4.78 is 0. The Morgan fingerprint density at radius 1 is 1.33 bits per heavy atom. The summed E-state index contributed by atoms with van der Waals surface area (Å²) in [6, 6.07) is 7.79. The fraction of sp³-hybridized carbons (Fsp3) is 0.417. The zero-order valence-corrected chi connectivity index (χ0v) is 9.29. The molecule has 0 aliphatic carbocycles. The average molecular weight is 206 g/mol. The predicted octanol–water partition coefficient (Wildman–Crippen LogP) is 2.25. The molecule has 0 unspecified atom stereocenters. The Labute approximate surface area is 90.7 Å². The first-order chi connectivity index (χ1) is 7.17. The molecular formula is C12H18N2O. The van der Waals surface area contributed by atoms with Crippen molar-refractivity contribution in [3.05, 3.63) is 29.8 Å². The molecule has 0 radical (unpaired) electrons. The number of amides is 1. The van der Waals surface area contributed by atoms with E-state index in [1.807, 2.05) is 24.3 Å². The van der Waals surface area contributed by atoms with Crippen LogP contribution in [0.4, 0.5) is 5.69 Å². The average Bonchev–Trinajstić information content (AvgIpc) is 2.16. The third kappa shape index (κ3) is 3.27. The quantitative estimate of drug-likeness (QED) is 0.547. The highest BCUT2D eigenvalue weighted by Crippen LogP contribution is 2.23. The van der Waals surface area contributed by atoms with Gasteiger partial charge in [-0.1, -0.05) is 32.4 Å². The van der Waals surface area contributed by atoms with E-state index in [4.69, 9.17) is 5.73 Å². The van der Waals surface area contributed by atoms with Crippen molar-refractivity contribution in [2.75, 3.05) is 5.73 Å². The van der Waals surface area contributed by atoms with Crippen LogP contribution < -0.4 is 11.1 Å². The highest BCUT2D eigenvalue weighted by atomic mass is 16.2. The molecule has 1 aromatic carbocycles. The van der Waals surface area contributed by atoms with E-state index in [1.54, 1.807) is 0 Å². The molecule has 1 aliphatic heterocycles. The predicted molar refractivity (Wildman–Crippen MR) is 62.3 cm³/mol. The highest BCUT2D eigenvalue weighted by molar-refractivity contribution is 5.83. The lowest BCUT2D eigenvalue weighted by atomic mass is 9.97. The van der Waals surface area contributed by atoms with Crippen molar-refractivity contribution < 1.29 is 4.79 Å². The Balaban J connectivity index is 0.000000337. The minimum atomic E-state index is 0.122. The standard InChI is InChI=1S/C9H10N2O.C3H8/c10-7-3-1-6(2-4-7)8-5-9(12)11-8;1-3-2/h1-4,8H,5,10H2,(H,11,12);3H2,1-2H3/t8-;/m0./s1. The number of anilines is 1. The van der Waals surface area contributed by atoms with E-state index in [-0.39, 0.29) is 11.9 Å².